The fourth-order valence-electron chi connectivity index (χ4n) is 2.89. The van der Waals surface area contributed by atoms with Gasteiger partial charge in [0.25, 0.3) is 0 Å². The maximum Gasteiger partial charge on any atom is 0.213 e. The third-order valence-corrected chi connectivity index (χ3v) is 4.35. The van der Waals surface area contributed by atoms with Gasteiger partial charge in [-0.3, -0.25) is 4.79 Å². The Kier molecular flexibility index (Phi) is 6.95. The number of ketones is 1. The smallest absolute Gasteiger partial charge is 0.213 e. The molecule has 0 fully saturated rings. The van der Waals surface area contributed by atoms with Crippen LogP contribution in [0.5, 0.6) is 17.2 Å². The van der Waals surface area contributed by atoms with E-state index in [1.807, 2.05) is 48.5 Å². The number of Topliss-reactive ketones (excluding diaryl/α,β-unsaturated/α-hetero) is 1. The molecule has 0 N–H and O–H groups in total. The SMILES string of the molecule is COc1cc(/C=N\N=C(\C(=O)c2ccccc2)c2ccccc2)cc(OC)c1OC. The van der Waals surface area contributed by atoms with Crippen molar-refractivity contribution in [1.82, 2.24) is 0 Å². The monoisotopic (exact) mass is 402 g/mol. The van der Waals surface area contributed by atoms with Crippen LogP contribution in [0.3, 0.4) is 0 Å². The lowest BCUT2D eigenvalue weighted by molar-refractivity contribution is 0.106. The van der Waals surface area contributed by atoms with E-state index < -0.39 is 0 Å². The number of nitrogens with zero attached hydrogens (tertiary/aromatic N) is 2. The Hall–Kier alpha value is -3.93. The van der Waals surface area contributed by atoms with E-state index in [9.17, 15) is 4.79 Å². The highest BCUT2D eigenvalue weighted by atomic mass is 16.5. The van der Waals surface area contributed by atoms with Crippen LogP contribution in [0.4, 0.5) is 0 Å². The van der Waals surface area contributed by atoms with Crippen LogP contribution in [0.1, 0.15) is 21.5 Å². The van der Waals surface area contributed by atoms with Crippen LogP contribution >= 0.6 is 0 Å². The zero-order chi connectivity index (χ0) is 21.3. The first-order valence-corrected chi connectivity index (χ1v) is 9.24. The second-order valence-electron chi connectivity index (χ2n) is 6.21. The van der Waals surface area contributed by atoms with Crippen molar-refractivity contribution in [2.24, 2.45) is 10.2 Å². The van der Waals surface area contributed by atoms with Gasteiger partial charge in [-0.2, -0.15) is 5.10 Å². The fourth-order valence-corrected chi connectivity index (χ4v) is 2.89. The number of ether oxygens (including phenoxy) is 3. The molecule has 0 spiro atoms. The molecule has 0 radical (unpaired) electrons. The summed E-state index contributed by atoms with van der Waals surface area (Å²) in [5.41, 5.74) is 2.18. The van der Waals surface area contributed by atoms with Crippen molar-refractivity contribution in [3.8, 4) is 17.2 Å². The molecule has 6 heteroatoms. The van der Waals surface area contributed by atoms with Gasteiger partial charge < -0.3 is 14.2 Å². The first kappa shape index (κ1) is 20.8. The summed E-state index contributed by atoms with van der Waals surface area (Å²) in [7, 11) is 4.63. The van der Waals surface area contributed by atoms with Gasteiger partial charge in [0.2, 0.25) is 11.5 Å². The first-order valence-electron chi connectivity index (χ1n) is 9.24. The average Bonchev–Trinajstić information content (AvgIpc) is 2.81. The molecule has 3 aromatic rings. The average molecular weight is 402 g/mol. The van der Waals surface area contributed by atoms with Gasteiger partial charge in [0.15, 0.2) is 11.5 Å². The Morgan fingerprint density at radius 3 is 1.80 bits per heavy atom. The second-order valence-corrected chi connectivity index (χ2v) is 6.21. The maximum absolute atomic E-state index is 13.0. The maximum atomic E-state index is 13.0. The summed E-state index contributed by atoms with van der Waals surface area (Å²) in [5, 5.41) is 8.40. The van der Waals surface area contributed by atoms with E-state index in [2.05, 4.69) is 10.2 Å². The molecule has 0 amide bonds. The van der Waals surface area contributed by atoms with Crippen molar-refractivity contribution in [3.63, 3.8) is 0 Å². The van der Waals surface area contributed by atoms with Crippen LogP contribution in [0.25, 0.3) is 0 Å². The van der Waals surface area contributed by atoms with Crippen LogP contribution in [0.15, 0.2) is 83.0 Å². The van der Waals surface area contributed by atoms with Crippen molar-refractivity contribution in [2.75, 3.05) is 21.3 Å². The van der Waals surface area contributed by atoms with E-state index >= 15 is 0 Å². The van der Waals surface area contributed by atoms with E-state index in [0.29, 0.717) is 33.9 Å². The quantitative estimate of drug-likeness (QED) is 0.318. The van der Waals surface area contributed by atoms with Gasteiger partial charge in [-0.05, 0) is 12.1 Å². The molecule has 0 aromatic heterocycles. The fraction of sp³-hybridized carbons (Fsp3) is 0.125. The van der Waals surface area contributed by atoms with Gasteiger partial charge in [-0.1, -0.05) is 60.7 Å². The topological polar surface area (TPSA) is 69.5 Å². The van der Waals surface area contributed by atoms with Crippen LogP contribution < -0.4 is 14.2 Å². The summed E-state index contributed by atoms with van der Waals surface area (Å²) < 4.78 is 16.0. The van der Waals surface area contributed by atoms with Crippen LogP contribution in [0.2, 0.25) is 0 Å². The minimum Gasteiger partial charge on any atom is -0.493 e. The van der Waals surface area contributed by atoms with E-state index in [-0.39, 0.29) is 11.5 Å². The lowest BCUT2D eigenvalue weighted by Gasteiger charge is -2.12. The molecule has 0 saturated heterocycles. The summed E-state index contributed by atoms with van der Waals surface area (Å²) in [6.45, 7) is 0. The lowest BCUT2D eigenvalue weighted by Crippen LogP contribution is -2.15. The molecule has 6 nitrogen and oxygen atoms in total. The molecule has 3 rings (SSSR count). The number of carbonyl (C=O) groups is 1. The Balaban J connectivity index is 1.99. The first-order chi connectivity index (χ1) is 14.7. The van der Waals surface area contributed by atoms with E-state index in [1.165, 1.54) is 6.21 Å². The molecule has 0 saturated carbocycles. The van der Waals surface area contributed by atoms with E-state index in [1.54, 1.807) is 45.6 Å². The molecule has 152 valence electrons. The molecule has 30 heavy (non-hydrogen) atoms. The highest BCUT2D eigenvalue weighted by Gasteiger charge is 2.16. The number of methoxy groups -OCH3 is 3. The van der Waals surface area contributed by atoms with Crippen molar-refractivity contribution >= 4 is 17.7 Å². The van der Waals surface area contributed by atoms with E-state index in [0.717, 1.165) is 0 Å². The summed E-state index contributed by atoms with van der Waals surface area (Å²) >= 11 is 0. The normalized spacial score (nSPS) is 11.4. The highest BCUT2D eigenvalue weighted by Crippen LogP contribution is 2.37. The number of hydrogen-bond acceptors (Lipinski definition) is 6. The number of rotatable bonds is 8. The van der Waals surface area contributed by atoms with Gasteiger partial charge in [-0.25, -0.2) is 0 Å². The Morgan fingerprint density at radius 2 is 1.30 bits per heavy atom. The van der Waals surface area contributed by atoms with Crippen molar-refractivity contribution < 1.29 is 19.0 Å². The molecule has 3 aromatic carbocycles. The zero-order valence-corrected chi connectivity index (χ0v) is 17.0. The van der Waals surface area contributed by atoms with Crippen LogP contribution in [0, 0.1) is 0 Å². The predicted octanol–water partition coefficient (Wildman–Crippen LogP) is 4.42. The largest absolute Gasteiger partial charge is 0.493 e. The molecule has 0 aliphatic heterocycles. The van der Waals surface area contributed by atoms with Crippen molar-refractivity contribution in [2.45, 2.75) is 0 Å². The van der Waals surface area contributed by atoms with Gasteiger partial charge in [0.1, 0.15) is 5.71 Å². The van der Waals surface area contributed by atoms with Gasteiger partial charge >= 0.3 is 0 Å². The highest BCUT2D eigenvalue weighted by molar-refractivity contribution is 6.51. The number of benzene rings is 3. The summed E-state index contributed by atoms with van der Waals surface area (Å²) in [6.07, 6.45) is 1.53. The van der Waals surface area contributed by atoms with Gasteiger partial charge in [-0.15, -0.1) is 5.10 Å². The molecule has 0 atom stereocenters. The second kappa shape index (κ2) is 10.0. The lowest BCUT2D eigenvalue weighted by atomic mass is 10.0. The predicted molar refractivity (Wildman–Crippen MR) is 117 cm³/mol. The minimum atomic E-state index is -0.205. The van der Waals surface area contributed by atoms with Crippen molar-refractivity contribution in [1.29, 1.82) is 0 Å². The van der Waals surface area contributed by atoms with E-state index in [4.69, 9.17) is 14.2 Å². The Labute approximate surface area is 175 Å². The summed E-state index contributed by atoms with van der Waals surface area (Å²) in [4.78, 5) is 13.0. The molecular weight excluding hydrogens is 380 g/mol. The molecule has 0 aliphatic carbocycles. The standard InChI is InChI=1S/C24H22N2O4/c1-28-20-14-17(15-21(29-2)24(20)30-3)16-25-26-22(18-10-6-4-7-11-18)23(27)19-12-8-5-9-13-19/h4-16H,1-3H3/b25-16-,26-22+. The van der Waals surface area contributed by atoms with Crippen molar-refractivity contribution in [3.05, 3.63) is 89.5 Å². The van der Waals surface area contributed by atoms with Crippen LogP contribution in [-0.4, -0.2) is 39.0 Å². The number of carbonyl (C=O) groups excluding carboxylic acids is 1. The number of hydrogen-bond donors (Lipinski definition) is 0. The van der Waals surface area contributed by atoms with Gasteiger partial charge in [0.05, 0.1) is 27.5 Å². The molecule has 0 aliphatic rings. The third-order valence-electron chi connectivity index (χ3n) is 4.35. The molecular formula is C24H22N2O4. The summed E-state index contributed by atoms with van der Waals surface area (Å²) in [5.74, 6) is 1.30. The zero-order valence-electron chi connectivity index (χ0n) is 17.0. The summed E-state index contributed by atoms with van der Waals surface area (Å²) in [6, 6.07) is 21.7. The third kappa shape index (κ3) is 4.72. The molecule has 0 unspecified atom stereocenters. The molecule has 0 bridgehead atoms. The Morgan fingerprint density at radius 1 is 0.767 bits per heavy atom. The molecule has 0 heterocycles. The Bertz CT molecular complexity index is 1040. The van der Waals surface area contributed by atoms with Gasteiger partial charge in [0, 0.05) is 16.7 Å². The van der Waals surface area contributed by atoms with Crippen LogP contribution in [-0.2, 0) is 0 Å². The minimum absolute atomic E-state index is 0.205.